The van der Waals surface area contributed by atoms with Gasteiger partial charge < -0.3 is 5.32 Å². The molecule has 0 aliphatic rings. The predicted octanol–water partition coefficient (Wildman–Crippen LogP) is 3.25. The summed E-state index contributed by atoms with van der Waals surface area (Å²) in [6.45, 7) is 7.41. The molecule has 0 aromatic carbocycles. The van der Waals surface area contributed by atoms with Gasteiger partial charge in [0.15, 0.2) is 0 Å². The van der Waals surface area contributed by atoms with Crippen molar-refractivity contribution in [3.63, 3.8) is 0 Å². The van der Waals surface area contributed by atoms with Crippen molar-refractivity contribution in [3.05, 3.63) is 39.3 Å². The number of hydrogen-bond acceptors (Lipinski definition) is 3. The molecule has 19 heavy (non-hydrogen) atoms. The highest BCUT2D eigenvalue weighted by molar-refractivity contribution is 7.12. The van der Waals surface area contributed by atoms with Crippen LogP contribution in [0.25, 0.3) is 0 Å². The number of nitrogens with one attached hydrogen (secondary N) is 1. The first-order valence-corrected chi connectivity index (χ1v) is 7.77. The number of hydrogen-bond donors (Lipinski definition) is 1. The highest BCUT2D eigenvalue weighted by Crippen LogP contribution is 2.26. The SMILES string of the molecule is CCNC(Cc1cc(C)nn1C)c1ccc(CC)s1. The normalized spacial score (nSPS) is 12.8. The summed E-state index contributed by atoms with van der Waals surface area (Å²) >= 11 is 1.92. The monoisotopic (exact) mass is 277 g/mol. The molecule has 0 saturated carbocycles. The molecule has 0 bridgehead atoms. The van der Waals surface area contributed by atoms with Crippen molar-refractivity contribution >= 4 is 11.3 Å². The van der Waals surface area contributed by atoms with Gasteiger partial charge in [-0.15, -0.1) is 11.3 Å². The van der Waals surface area contributed by atoms with Crippen molar-refractivity contribution in [2.75, 3.05) is 6.54 Å². The molecule has 2 rings (SSSR count). The second-order valence-corrected chi connectivity index (χ2v) is 6.07. The quantitative estimate of drug-likeness (QED) is 0.878. The van der Waals surface area contributed by atoms with E-state index in [0.29, 0.717) is 6.04 Å². The standard InChI is InChI=1S/C15H23N3S/c1-5-13-7-8-15(19-13)14(16-6-2)10-12-9-11(3)17-18(12)4/h7-9,14,16H,5-6,10H2,1-4H3. The van der Waals surface area contributed by atoms with Gasteiger partial charge in [-0.1, -0.05) is 13.8 Å². The fourth-order valence-corrected chi connectivity index (χ4v) is 3.38. The lowest BCUT2D eigenvalue weighted by Gasteiger charge is -2.16. The van der Waals surface area contributed by atoms with Crippen LogP contribution in [0.4, 0.5) is 0 Å². The minimum Gasteiger partial charge on any atom is -0.309 e. The third-order valence-electron chi connectivity index (χ3n) is 3.34. The van der Waals surface area contributed by atoms with E-state index in [4.69, 9.17) is 0 Å². The van der Waals surface area contributed by atoms with E-state index in [2.05, 4.69) is 42.5 Å². The zero-order valence-corrected chi connectivity index (χ0v) is 13.0. The first kappa shape index (κ1) is 14.3. The second kappa shape index (κ2) is 6.35. The lowest BCUT2D eigenvalue weighted by molar-refractivity contribution is 0.536. The summed E-state index contributed by atoms with van der Waals surface area (Å²) in [7, 11) is 2.03. The lowest BCUT2D eigenvalue weighted by Crippen LogP contribution is -2.23. The summed E-state index contributed by atoms with van der Waals surface area (Å²) in [5.74, 6) is 0. The molecular formula is C15H23N3S. The van der Waals surface area contributed by atoms with Crippen molar-refractivity contribution in [2.24, 2.45) is 7.05 Å². The maximum Gasteiger partial charge on any atom is 0.0596 e. The average Bonchev–Trinajstić information content (AvgIpc) is 2.96. The maximum absolute atomic E-state index is 4.43. The van der Waals surface area contributed by atoms with Crippen LogP contribution >= 0.6 is 11.3 Å². The molecule has 0 spiro atoms. The van der Waals surface area contributed by atoms with Crippen LogP contribution < -0.4 is 5.32 Å². The first-order valence-electron chi connectivity index (χ1n) is 6.95. The van der Waals surface area contributed by atoms with Crippen molar-refractivity contribution in [1.82, 2.24) is 15.1 Å². The Hall–Kier alpha value is -1.13. The van der Waals surface area contributed by atoms with Crippen LogP contribution in [0.15, 0.2) is 18.2 Å². The van der Waals surface area contributed by atoms with Gasteiger partial charge in [0.2, 0.25) is 0 Å². The Bertz CT molecular complexity index is 527. The van der Waals surface area contributed by atoms with Crippen LogP contribution in [0, 0.1) is 6.92 Å². The summed E-state index contributed by atoms with van der Waals surface area (Å²) in [6, 6.07) is 7.09. The molecule has 3 nitrogen and oxygen atoms in total. The van der Waals surface area contributed by atoms with Crippen LogP contribution in [-0.4, -0.2) is 16.3 Å². The maximum atomic E-state index is 4.43. The highest BCUT2D eigenvalue weighted by atomic mass is 32.1. The number of rotatable bonds is 6. The van der Waals surface area contributed by atoms with Crippen molar-refractivity contribution in [1.29, 1.82) is 0 Å². The Balaban J connectivity index is 2.18. The van der Waals surface area contributed by atoms with Gasteiger partial charge in [-0.05, 0) is 38.1 Å². The van der Waals surface area contributed by atoms with Gasteiger partial charge in [-0.3, -0.25) is 4.68 Å². The summed E-state index contributed by atoms with van der Waals surface area (Å²) < 4.78 is 1.99. The van der Waals surface area contributed by atoms with E-state index in [0.717, 1.165) is 25.1 Å². The van der Waals surface area contributed by atoms with Crippen LogP contribution in [0.5, 0.6) is 0 Å². The molecule has 1 unspecified atom stereocenters. The highest BCUT2D eigenvalue weighted by Gasteiger charge is 2.15. The number of aryl methyl sites for hydroxylation is 3. The average molecular weight is 277 g/mol. The van der Waals surface area contributed by atoms with E-state index in [1.165, 1.54) is 15.4 Å². The van der Waals surface area contributed by atoms with E-state index in [1.807, 2.05) is 30.0 Å². The van der Waals surface area contributed by atoms with Gasteiger partial charge in [-0.2, -0.15) is 5.10 Å². The molecule has 0 amide bonds. The molecule has 2 aromatic heterocycles. The summed E-state index contributed by atoms with van der Waals surface area (Å²) in [5, 5.41) is 8.02. The minimum atomic E-state index is 0.394. The third-order valence-corrected chi connectivity index (χ3v) is 4.68. The zero-order valence-electron chi connectivity index (χ0n) is 12.2. The fraction of sp³-hybridized carbons (Fsp3) is 0.533. The van der Waals surface area contributed by atoms with Gasteiger partial charge in [0, 0.05) is 35.0 Å². The summed E-state index contributed by atoms with van der Waals surface area (Å²) in [5.41, 5.74) is 2.38. The molecule has 4 heteroatoms. The van der Waals surface area contributed by atoms with Crippen LogP contribution in [-0.2, 0) is 19.9 Å². The van der Waals surface area contributed by atoms with Crippen LogP contribution in [0.1, 0.15) is 41.0 Å². The van der Waals surface area contributed by atoms with E-state index in [-0.39, 0.29) is 0 Å². The molecule has 2 heterocycles. The molecule has 0 saturated heterocycles. The van der Waals surface area contributed by atoms with Gasteiger partial charge in [0.1, 0.15) is 0 Å². The van der Waals surface area contributed by atoms with Crippen molar-refractivity contribution in [2.45, 2.75) is 39.7 Å². The van der Waals surface area contributed by atoms with E-state index in [1.54, 1.807) is 0 Å². The molecule has 0 aliphatic carbocycles. The first-order chi connectivity index (χ1) is 9.13. The topological polar surface area (TPSA) is 29.9 Å². The molecule has 2 aromatic rings. The zero-order chi connectivity index (χ0) is 13.8. The van der Waals surface area contributed by atoms with Gasteiger partial charge in [0.25, 0.3) is 0 Å². The minimum absolute atomic E-state index is 0.394. The summed E-state index contributed by atoms with van der Waals surface area (Å²) in [4.78, 5) is 2.89. The molecule has 0 radical (unpaired) electrons. The Labute approximate surface area is 119 Å². The number of nitrogens with zero attached hydrogens (tertiary/aromatic N) is 2. The fourth-order valence-electron chi connectivity index (χ4n) is 2.36. The van der Waals surface area contributed by atoms with Crippen molar-refractivity contribution in [3.8, 4) is 0 Å². The van der Waals surface area contributed by atoms with Gasteiger partial charge >= 0.3 is 0 Å². The molecule has 1 atom stereocenters. The van der Waals surface area contributed by atoms with E-state index >= 15 is 0 Å². The molecule has 0 fully saturated rings. The Morgan fingerprint density at radius 2 is 2.16 bits per heavy atom. The Kier molecular flexibility index (Phi) is 4.77. The van der Waals surface area contributed by atoms with Gasteiger partial charge in [0.05, 0.1) is 5.69 Å². The van der Waals surface area contributed by atoms with Crippen molar-refractivity contribution < 1.29 is 0 Å². The molecular weight excluding hydrogens is 254 g/mol. The summed E-state index contributed by atoms with van der Waals surface area (Å²) in [6.07, 6.45) is 2.11. The Morgan fingerprint density at radius 1 is 1.37 bits per heavy atom. The molecule has 104 valence electrons. The molecule has 1 N–H and O–H groups in total. The van der Waals surface area contributed by atoms with Crippen LogP contribution in [0.3, 0.4) is 0 Å². The third kappa shape index (κ3) is 3.45. The number of aromatic nitrogens is 2. The smallest absolute Gasteiger partial charge is 0.0596 e. The second-order valence-electron chi connectivity index (χ2n) is 4.87. The number of thiophene rings is 1. The van der Waals surface area contributed by atoms with E-state index in [9.17, 15) is 0 Å². The Morgan fingerprint density at radius 3 is 2.68 bits per heavy atom. The van der Waals surface area contributed by atoms with E-state index < -0.39 is 0 Å². The largest absolute Gasteiger partial charge is 0.309 e. The molecule has 0 aliphatic heterocycles. The lowest BCUT2D eigenvalue weighted by atomic mass is 10.1. The predicted molar refractivity (Wildman–Crippen MR) is 81.8 cm³/mol. The number of likely N-dealkylation sites (N-methyl/N-ethyl adjacent to an activating group) is 1. The van der Waals surface area contributed by atoms with Gasteiger partial charge in [-0.25, -0.2) is 0 Å². The van der Waals surface area contributed by atoms with Crippen LogP contribution in [0.2, 0.25) is 0 Å².